The molecule has 0 aliphatic rings. The number of aromatic nitrogens is 3. The molecule has 1 aromatic rings. The molecule has 18 heteroatoms. The molecule has 0 radical (unpaired) electrons. The van der Waals surface area contributed by atoms with Crippen molar-refractivity contribution in [1.82, 2.24) is 13.7 Å². The minimum atomic E-state index is -3.13. The van der Waals surface area contributed by atoms with Crippen LogP contribution in [0.2, 0.25) is 18.1 Å². The van der Waals surface area contributed by atoms with Gasteiger partial charge in [0.1, 0.15) is 0 Å². The van der Waals surface area contributed by atoms with Crippen molar-refractivity contribution in [1.29, 1.82) is 0 Å². The second-order valence-electron chi connectivity index (χ2n) is 7.44. The van der Waals surface area contributed by atoms with Crippen molar-refractivity contribution in [3.63, 3.8) is 0 Å². The van der Waals surface area contributed by atoms with Crippen LogP contribution in [0.4, 0.5) is 0 Å². The van der Waals surface area contributed by atoms with Gasteiger partial charge in [-0.15, -0.1) is 0 Å². The molecule has 15 nitrogen and oxygen atoms in total. The van der Waals surface area contributed by atoms with Crippen LogP contribution in [-0.4, -0.2) is 104 Å². The normalized spacial score (nSPS) is 12.9. The fraction of sp³-hybridized carbons (Fsp3) is 0.833. The van der Waals surface area contributed by atoms with Gasteiger partial charge in [-0.3, -0.25) is 0 Å². The number of hydrogen-bond donors (Lipinski definition) is 0. The molecular formula is C18H39N3O12Si3. The first kappa shape index (κ1) is 32.7. The van der Waals surface area contributed by atoms with Crippen molar-refractivity contribution in [2.24, 2.45) is 0 Å². The Morgan fingerprint density at radius 3 is 0.722 bits per heavy atom. The molecule has 0 unspecified atom stereocenters. The van der Waals surface area contributed by atoms with Gasteiger partial charge in [0.05, 0.1) is 0 Å². The van der Waals surface area contributed by atoms with Gasteiger partial charge in [-0.25, -0.2) is 28.1 Å². The molecule has 0 fully saturated rings. The summed E-state index contributed by atoms with van der Waals surface area (Å²) in [5.74, 6) is 0. The van der Waals surface area contributed by atoms with Gasteiger partial charge in [-0.2, -0.15) is 0 Å². The molecule has 1 heterocycles. The third-order valence-electron chi connectivity index (χ3n) is 6.11. The zero-order valence-corrected chi connectivity index (χ0v) is 25.5. The van der Waals surface area contributed by atoms with E-state index >= 15 is 0 Å². The maximum absolute atomic E-state index is 13.3. The Hall–Kier alpha value is -1.30. The second-order valence-corrected chi connectivity index (χ2v) is 16.7. The van der Waals surface area contributed by atoms with Crippen molar-refractivity contribution >= 4 is 26.4 Å². The smallest absolute Gasteiger partial charge is 0.377 e. The maximum atomic E-state index is 13.3. The third kappa shape index (κ3) is 7.17. The Bertz CT molecular complexity index is 807. The number of nitrogens with zero attached hydrogens (tertiary/aromatic N) is 3. The summed E-state index contributed by atoms with van der Waals surface area (Å²) < 4.78 is 51.5. The van der Waals surface area contributed by atoms with Gasteiger partial charge in [-0.05, 0) is 0 Å². The maximum Gasteiger partial charge on any atom is 0.501 e. The average molecular weight is 574 g/mol. The fourth-order valence-corrected chi connectivity index (χ4v) is 8.50. The van der Waals surface area contributed by atoms with Crippen LogP contribution in [0.1, 0.15) is 0 Å². The van der Waals surface area contributed by atoms with E-state index in [4.69, 9.17) is 39.8 Å². The minimum Gasteiger partial charge on any atom is -0.377 e. The monoisotopic (exact) mass is 573 g/mol. The van der Waals surface area contributed by atoms with Crippen LogP contribution >= 0.6 is 0 Å². The summed E-state index contributed by atoms with van der Waals surface area (Å²) in [6.45, 7) is -0.326. The molecule has 210 valence electrons. The van der Waals surface area contributed by atoms with Crippen molar-refractivity contribution < 1.29 is 39.8 Å². The molecule has 36 heavy (non-hydrogen) atoms. The SMILES string of the molecule is CO[Si](CCn1c(=O)n(CC[Si](OC)(OC)OC)c(=O)n(CC[Si](OC)(OC)OC)c1=O)(OC)OC. The Kier molecular flexibility index (Phi) is 13.3. The van der Waals surface area contributed by atoms with Crippen LogP contribution in [0, 0.1) is 0 Å². The van der Waals surface area contributed by atoms with Gasteiger partial charge in [0, 0.05) is 102 Å². The van der Waals surface area contributed by atoms with Crippen molar-refractivity contribution in [2.75, 3.05) is 64.0 Å². The Balaban J connectivity index is 3.61. The summed E-state index contributed by atoms with van der Waals surface area (Å²) in [5, 5.41) is 0. The van der Waals surface area contributed by atoms with E-state index in [1.807, 2.05) is 0 Å². The largest absolute Gasteiger partial charge is 0.501 e. The molecule has 0 amide bonds. The number of rotatable bonds is 18. The van der Waals surface area contributed by atoms with E-state index in [0.29, 0.717) is 0 Å². The van der Waals surface area contributed by atoms with Crippen molar-refractivity contribution in [3.05, 3.63) is 31.5 Å². The standard InChI is InChI=1S/C18H39N3O12Si3/c1-25-34(26-2,27-3)13-10-19-16(22)20(11-14-35(28-4,29-5)30-6)18(24)21(17(19)23)12-15-36(31-7,32-8)33-9/h10-15H2,1-9H3. The van der Waals surface area contributed by atoms with Crippen LogP contribution in [0.5, 0.6) is 0 Å². The van der Waals surface area contributed by atoms with Crippen LogP contribution < -0.4 is 17.1 Å². The minimum absolute atomic E-state index is 0.109. The van der Waals surface area contributed by atoms with E-state index in [1.54, 1.807) is 0 Å². The molecule has 0 aliphatic carbocycles. The Morgan fingerprint density at radius 1 is 0.417 bits per heavy atom. The van der Waals surface area contributed by atoms with Crippen molar-refractivity contribution in [2.45, 2.75) is 37.8 Å². The van der Waals surface area contributed by atoms with E-state index < -0.39 is 43.5 Å². The Morgan fingerprint density at radius 2 is 0.583 bits per heavy atom. The third-order valence-corrected chi connectivity index (χ3v) is 14.2. The summed E-state index contributed by atoms with van der Waals surface area (Å²) >= 11 is 0. The predicted octanol–water partition coefficient (Wildman–Crippen LogP) is -1.19. The molecule has 0 spiro atoms. The summed E-state index contributed by atoms with van der Waals surface area (Å²) in [5.41, 5.74) is -2.40. The molecule has 1 aromatic heterocycles. The highest BCUT2D eigenvalue weighted by Gasteiger charge is 2.40. The molecule has 1 rings (SSSR count). The lowest BCUT2D eigenvalue weighted by molar-refractivity contribution is 0.121. The van der Waals surface area contributed by atoms with Gasteiger partial charge in [0.2, 0.25) is 0 Å². The first-order chi connectivity index (χ1) is 17.1. The van der Waals surface area contributed by atoms with Gasteiger partial charge in [0.15, 0.2) is 0 Å². The summed E-state index contributed by atoms with van der Waals surface area (Å²) in [4.78, 5) is 40.0. The zero-order valence-electron chi connectivity index (χ0n) is 22.5. The van der Waals surface area contributed by atoms with Gasteiger partial charge >= 0.3 is 43.5 Å². The van der Waals surface area contributed by atoms with Crippen LogP contribution in [-0.2, 0) is 59.5 Å². The first-order valence-electron chi connectivity index (χ1n) is 11.0. The fourth-order valence-electron chi connectivity index (χ4n) is 3.67. The predicted molar refractivity (Wildman–Crippen MR) is 134 cm³/mol. The van der Waals surface area contributed by atoms with Gasteiger partial charge in [-0.1, -0.05) is 0 Å². The lowest BCUT2D eigenvalue weighted by Crippen LogP contribution is -2.57. The van der Waals surface area contributed by atoms with E-state index in [2.05, 4.69) is 0 Å². The molecule has 0 N–H and O–H groups in total. The summed E-state index contributed by atoms with van der Waals surface area (Å²) in [6, 6.07) is 0.344. The second kappa shape index (κ2) is 14.6. The van der Waals surface area contributed by atoms with Gasteiger partial charge in [0.25, 0.3) is 0 Å². The highest BCUT2D eigenvalue weighted by molar-refractivity contribution is 6.61. The highest BCUT2D eigenvalue weighted by atomic mass is 28.4. The van der Waals surface area contributed by atoms with E-state index in [0.717, 1.165) is 13.7 Å². The van der Waals surface area contributed by atoms with E-state index in [-0.39, 0.29) is 37.8 Å². The average Bonchev–Trinajstić information content (AvgIpc) is 2.91. The topological polar surface area (TPSA) is 149 Å². The number of hydrogen-bond acceptors (Lipinski definition) is 12. The molecule has 0 aromatic carbocycles. The molecule has 0 saturated carbocycles. The quantitative estimate of drug-likeness (QED) is 0.194. The molecule has 0 aliphatic heterocycles. The molecular weight excluding hydrogens is 534 g/mol. The highest BCUT2D eigenvalue weighted by Crippen LogP contribution is 2.15. The van der Waals surface area contributed by atoms with E-state index in [1.165, 1.54) is 64.0 Å². The van der Waals surface area contributed by atoms with Crippen LogP contribution in [0.25, 0.3) is 0 Å². The van der Waals surface area contributed by atoms with Crippen molar-refractivity contribution in [3.8, 4) is 0 Å². The lowest BCUT2D eigenvalue weighted by atomic mass is 10.6. The van der Waals surface area contributed by atoms with E-state index in [9.17, 15) is 14.4 Å². The summed E-state index contributed by atoms with van der Waals surface area (Å²) in [6.07, 6.45) is 0. The molecule has 0 saturated heterocycles. The zero-order chi connectivity index (χ0) is 27.6. The Labute approximate surface area is 213 Å². The molecule has 0 bridgehead atoms. The first-order valence-corrected chi connectivity index (χ1v) is 16.8. The van der Waals surface area contributed by atoms with Crippen LogP contribution in [0.15, 0.2) is 14.4 Å². The lowest BCUT2D eigenvalue weighted by Gasteiger charge is -2.26. The molecule has 0 atom stereocenters. The summed E-state index contributed by atoms with van der Waals surface area (Å²) in [7, 11) is 3.46. The van der Waals surface area contributed by atoms with Crippen LogP contribution in [0.3, 0.4) is 0 Å². The van der Waals surface area contributed by atoms with Gasteiger partial charge < -0.3 is 39.8 Å².